The molecule has 0 bridgehead atoms. The van der Waals surface area contributed by atoms with Crippen LogP contribution in [0.3, 0.4) is 0 Å². The molecule has 2 N–H and O–H groups in total. The predicted octanol–water partition coefficient (Wildman–Crippen LogP) is 1.58. The van der Waals surface area contributed by atoms with Gasteiger partial charge in [0.25, 0.3) is 0 Å². The van der Waals surface area contributed by atoms with E-state index in [-0.39, 0.29) is 30.2 Å². The average Bonchev–Trinajstić information content (AvgIpc) is 2.91. The minimum Gasteiger partial charge on any atom is -0.341 e. The summed E-state index contributed by atoms with van der Waals surface area (Å²) in [6, 6.07) is 9.06. The van der Waals surface area contributed by atoms with Crippen molar-refractivity contribution >= 4 is 17.6 Å². The van der Waals surface area contributed by atoms with Crippen molar-refractivity contribution in [3.63, 3.8) is 0 Å². The van der Waals surface area contributed by atoms with Gasteiger partial charge in [0, 0.05) is 37.8 Å². The Hall–Kier alpha value is -3.10. The Kier molecular flexibility index (Phi) is 6.15. The number of hydrogen-bond donors (Lipinski definition) is 2. The van der Waals surface area contributed by atoms with E-state index in [0.29, 0.717) is 32.5 Å². The number of piperidine rings is 1. The predicted molar refractivity (Wildman–Crippen MR) is 112 cm³/mol. The first kappa shape index (κ1) is 20.2. The largest absolute Gasteiger partial charge is 0.346 e. The molecule has 3 amide bonds. The minimum absolute atomic E-state index is 0.0177. The Balaban J connectivity index is 1.26. The van der Waals surface area contributed by atoms with E-state index in [1.54, 1.807) is 9.47 Å². The van der Waals surface area contributed by atoms with Crippen molar-refractivity contribution < 1.29 is 9.59 Å². The topological polar surface area (TPSA) is 101 Å². The second-order valence-electron chi connectivity index (χ2n) is 7.94. The standard InChI is InChI=1S/C21H28N6O3/c28-19(15-27-21(30)26-12-6-2-5-9-18(26)24-27)25-13-10-17(11-14-25)23-20(29)22-16-7-3-1-4-8-16/h1,3-4,7-8,17H,2,5-6,9-15H2,(H2,22,23,29). The first-order chi connectivity index (χ1) is 14.6. The molecule has 0 radical (unpaired) electrons. The smallest absolute Gasteiger partial charge is 0.341 e. The maximum absolute atomic E-state index is 12.7. The van der Waals surface area contributed by atoms with Crippen LogP contribution >= 0.6 is 0 Å². The summed E-state index contributed by atoms with van der Waals surface area (Å²) in [5.74, 6) is 0.690. The monoisotopic (exact) mass is 412 g/mol. The minimum atomic E-state index is -0.239. The number of carbonyl (C=O) groups is 2. The summed E-state index contributed by atoms with van der Waals surface area (Å²) in [7, 11) is 0. The van der Waals surface area contributed by atoms with Crippen LogP contribution in [0.5, 0.6) is 0 Å². The molecule has 1 aromatic carbocycles. The van der Waals surface area contributed by atoms with Crippen LogP contribution in [-0.4, -0.2) is 50.3 Å². The molecule has 2 aromatic rings. The van der Waals surface area contributed by atoms with Gasteiger partial charge in [-0.15, -0.1) is 0 Å². The Labute approximate surface area is 175 Å². The van der Waals surface area contributed by atoms with Crippen LogP contribution in [0, 0.1) is 0 Å². The highest BCUT2D eigenvalue weighted by Crippen LogP contribution is 2.13. The van der Waals surface area contributed by atoms with Gasteiger partial charge in [0.1, 0.15) is 12.4 Å². The fourth-order valence-electron chi connectivity index (χ4n) is 4.10. The number of hydrogen-bond acceptors (Lipinski definition) is 4. The van der Waals surface area contributed by atoms with Crippen LogP contribution in [0.25, 0.3) is 0 Å². The fraction of sp³-hybridized carbons (Fsp3) is 0.524. The molecular weight excluding hydrogens is 384 g/mol. The van der Waals surface area contributed by atoms with E-state index in [2.05, 4.69) is 15.7 Å². The quantitative estimate of drug-likeness (QED) is 0.796. The molecule has 0 saturated carbocycles. The van der Waals surface area contributed by atoms with Crippen molar-refractivity contribution in [2.45, 2.75) is 57.7 Å². The molecule has 1 aromatic heterocycles. The third-order valence-electron chi connectivity index (χ3n) is 5.78. The highest BCUT2D eigenvalue weighted by molar-refractivity contribution is 5.89. The first-order valence-corrected chi connectivity index (χ1v) is 10.7. The maximum atomic E-state index is 12.7. The molecule has 9 nitrogen and oxygen atoms in total. The van der Waals surface area contributed by atoms with Gasteiger partial charge < -0.3 is 15.5 Å². The number of nitrogens with one attached hydrogen (secondary N) is 2. The van der Waals surface area contributed by atoms with E-state index in [1.807, 2.05) is 30.3 Å². The lowest BCUT2D eigenvalue weighted by Crippen LogP contribution is -2.48. The van der Waals surface area contributed by atoms with Gasteiger partial charge in [-0.05, 0) is 37.8 Å². The van der Waals surface area contributed by atoms with Gasteiger partial charge in [0.05, 0.1) is 0 Å². The molecule has 4 rings (SSSR count). The number of aromatic nitrogens is 3. The molecule has 160 valence electrons. The summed E-state index contributed by atoms with van der Waals surface area (Å²) in [6.07, 6.45) is 5.27. The van der Waals surface area contributed by atoms with Crippen LogP contribution in [0.4, 0.5) is 10.5 Å². The van der Waals surface area contributed by atoms with Crippen LogP contribution in [0.1, 0.15) is 37.9 Å². The van der Waals surface area contributed by atoms with E-state index in [9.17, 15) is 14.4 Å². The lowest BCUT2D eigenvalue weighted by molar-refractivity contribution is -0.133. The number of rotatable bonds is 4. The van der Waals surface area contributed by atoms with Crippen LogP contribution in [0.2, 0.25) is 0 Å². The summed E-state index contributed by atoms with van der Waals surface area (Å²) in [5.41, 5.74) is 0.556. The van der Waals surface area contributed by atoms with Crippen LogP contribution < -0.4 is 16.3 Å². The number of amides is 3. The van der Waals surface area contributed by atoms with Gasteiger partial charge in [-0.1, -0.05) is 24.6 Å². The van der Waals surface area contributed by atoms with Gasteiger partial charge in [0.2, 0.25) is 5.91 Å². The molecule has 0 atom stereocenters. The van der Waals surface area contributed by atoms with Crippen molar-refractivity contribution in [1.82, 2.24) is 24.6 Å². The zero-order chi connectivity index (χ0) is 20.9. The fourth-order valence-corrected chi connectivity index (χ4v) is 4.10. The lowest BCUT2D eigenvalue weighted by Gasteiger charge is -2.32. The molecule has 30 heavy (non-hydrogen) atoms. The summed E-state index contributed by atoms with van der Waals surface area (Å²) in [4.78, 5) is 39.1. The number of urea groups is 1. The summed E-state index contributed by atoms with van der Waals surface area (Å²) in [5, 5.41) is 10.2. The summed E-state index contributed by atoms with van der Waals surface area (Å²) < 4.78 is 3.02. The number of anilines is 1. The number of carbonyl (C=O) groups excluding carboxylic acids is 2. The normalized spacial score (nSPS) is 17.1. The number of para-hydroxylation sites is 1. The molecule has 0 spiro atoms. The van der Waals surface area contributed by atoms with Crippen molar-refractivity contribution in [3.05, 3.63) is 46.6 Å². The van der Waals surface area contributed by atoms with Crippen molar-refractivity contribution in [3.8, 4) is 0 Å². The van der Waals surface area contributed by atoms with Crippen molar-refractivity contribution in [2.24, 2.45) is 0 Å². The number of aryl methyl sites for hydroxylation is 1. The summed E-state index contributed by atoms with van der Waals surface area (Å²) >= 11 is 0. The first-order valence-electron chi connectivity index (χ1n) is 10.7. The number of likely N-dealkylation sites (tertiary alicyclic amines) is 1. The van der Waals surface area contributed by atoms with Gasteiger partial charge in [-0.25, -0.2) is 14.3 Å². The average molecular weight is 412 g/mol. The van der Waals surface area contributed by atoms with E-state index in [1.165, 1.54) is 4.68 Å². The molecule has 9 heteroatoms. The second-order valence-corrected chi connectivity index (χ2v) is 7.94. The van der Waals surface area contributed by atoms with E-state index in [0.717, 1.165) is 37.2 Å². The highest BCUT2D eigenvalue weighted by Gasteiger charge is 2.25. The van der Waals surface area contributed by atoms with Crippen molar-refractivity contribution in [1.29, 1.82) is 0 Å². The van der Waals surface area contributed by atoms with Crippen molar-refractivity contribution in [2.75, 3.05) is 18.4 Å². The Morgan fingerprint density at radius 3 is 2.57 bits per heavy atom. The lowest BCUT2D eigenvalue weighted by atomic mass is 10.1. The molecular formula is C21H28N6O3. The second kappa shape index (κ2) is 9.15. The van der Waals surface area contributed by atoms with Crippen LogP contribution in [0.15, 0.2) is 35.1 Å². The highest BCUT2D eigenvalue weighted by atomic mass is 16.2. The third-order valence-corrected chi connectivity index (χ3v) is 5.78. The van der Waals surface area contributed by atoms with E-state index in [4.69, 9.17) is 0 Å². The SMILES string of the molecule is O=C(Nc1ccccc1)NC1CCN(C(=O)Cn2nc3n(c2=O)CCCCC3)CC1. The van der Waals surface area contributed by atoms with Crippen LogP contribution in [-0.2, 0) is 24.3 Å². The molecule has 0 unspecified atom stereocenters. The zero-order valence-electron chi connectivity index (χ0n) is 17.0. The van der Waals surface area contributed by atoms with E-state index >= 15 is 0 Å². The zero-order valence-corrected chi connectivity index (χ0v) is 17.0. The number of benzene rings is 1. The molecule has 3 heterocycles. The molecule has 2 aliphatic rings. The Morgan fingerprint density at radius 2 is 1.80 bits per heavy atom. The summed E-state index contributed by atoms with van der Waals surface area (Å²) in [6.45, 7) is 1.77. The number of nitrogens with zero attached hydrogens (tertiary/aromatic N) is 4. The van der Waals surface area contributed by atoms with Gasteiger partial charge in [0.15, 0.2) is 0 Å². The number of fused-ring (bicyclic) bond motifs is 1. The molecule has 0 aliphatic carbocycles. The maximum Gasteiger partial charge on any atom is 0.346 e. The van der Waals surface area contributed by atoms with E-state index < -0.39 is 0 Å². The molecule has 1 fully saturated rings. The Bertz CT molecular complexity index is 943. The Morgan fingerprint density at radius 1 is 1.03 bits per heavy atom. The van der Waals surface area contributed by atoms with Gasteiger partial charge in [-0.3, -0.25) is 9.36 Å². The molecule has 1 saturated heterocycles. The van der Waals surface area contributed by atoms with Gasteiger partial charge >= 0.3 is 11.7 Å². The molecule has 2 aliphatic heterocycles. The van der Waals surface area contributed by atoms with Gasteiger partial charge in [-0.2, -0.15) is 5.10 Å². The third kappa shape index (κ3) is 4.72.